The van der Waals surface area contributed by atoms with Gasteiger partial charge in [-0.05, 0) is 54.7 Å². The third kappa shape index (κ3) is 6.24. The Bertz CT molecular complexity index is 881. The Balaban J connectivity index is 1.47. The van der Waals surface area contributed by atoms with Gasteiger partial charge >= 0.3 is 0 Å². The van der Waals surface area contributed by atoms with Crippen LogP contribution < -0.4 is 5.32 Å². The second kappa shape index (κ2) is 10.7. The minimum Gasteiger partial charge on any atom is -0.352 e. The molecule has 0 aromatic heterocycles. The van der Waals surface area contributed by atoms with Crippen LogP contribution >= 0.6 is 11.8 Å². The van der Waals surface area contributed by atoms with Crippen LogP contribution in [-0.4, -0.2) is 12.5 Å². The van der Waals surface area contributed by atoms with Crippen molar-refractivity contribution in [3.05, 3.63) is 101 Å². The third-order valence-corrected chi connectivity index (χ3v) is 5.60. The van der Waals surface area contributed by atoms with Crippen LogP contribution in [-0.2, 0) is 12.2 Å². The first-order valence-corrected chi connectivity index (χ1v) is 10.5. The SMILES string of the molecule is O=C(NCCCCc1ccccc1)c1ccccc1SCc1ccc(F)cc1. The maximum Gasteiger partial charge on any atom is 0.252 e. The van der Waals surface area contributed by atoms with Crippen LogP contribution in [0, 0.1) is 5.82 Å². The van der Waals surface area contributed by atoms with Crippen molar-refractivity contribution in [2.75, 3.05) is 6.54 Å². The summed E-state index contributed by atoms with van der Waals surface area (Å²) in [6, 6.07) is 24.5. The average Bonchev–Trinajstić information content (AvgIpc) is 2.74. The topological polar surface area (TPSA) is 29.1 Å². The van der Waals surface area contributed by atoms with Crippen LogP contribution in [0.1, 0.15) is 34.3 Å². The molecule has 1 amide bonds. The second-order valence-corrected chi connectivity index (χ2v) is 7.63. The number of hydrogen-bond donors (Lipinski definition) is 1. The number of hydrogen-bond acceptors (Lipinski definition) is 2. The highest BCUT2D eigenvalue weighted by Crippen LogP contribution is 2.26. The summed E-state index contributed by atoms with van der Waals surface area (Å²) in [7, 11) is 0. The van der Waals surface area contributed by atoms with Crippen LogP contribution in [0.15, 0.2) is 83.8 Å². The lowest BCUT2D eigenvalue weighted by Crippen LogP contribution is -2.25. The van der Waals surface area contributed by atoms with Crippen LogP contribution in [0.25, 0.3) is 0 Å². The number of carbonyl (C=O) groups is 1. The molecule has 2 nitrogen and oxygen atoms in total. The molecule has 3 aromatic rings. The highest BCUT2D eigenvalue weighted by Gasteiger charge is 2.11. The number of carbonyl (C=O) groups excluding carboxylic acids is 1. The van der Waals surface area contributed by atoms with Gasteiger partial charge < -0.3 is 5.32 Å². The van der Waals surface area contributed by atoms with Gasteiger partial charge in [-0.2, -0.15) is 0 Å². The van der Waals surface area contributed by atoms with Crippen molar-refractivity contribution in [1.29, 1.82) is 0 Å². The predicted octanol–water partition coefficient (Wildman–Crippen LogP) is 5.87. The number of rotatable bonds is 9. The van der Waals surface area contributed by atoms with Gasteiger partial charge in [0, 0.05) is 17.2 Å². The van der Waals surface area contributed by atoms with Gasteiger partial charge in [0.2, 0.25) is 0 Å². The van der Waals surface area contributed by atoms with E-state index in [1.807, 2.05) is 30.3 Å². The maximum atomic E-state index is 13.0. The smallest absolute Gasteiger partial charge is 0.252 e. The molecule has 0 atom stereocenters. The van der Waals surface area contributed by atoms with Gasteiger partial charge in [0.15, 0.2) is 0 Å². The van der Waals surface area contributed by atoms with Gasteiger partial charge in [-0.1, -0.05) is 54.6 Å². The summed E-state index contributed by atoms with van der Waals surface area (Å²) >= 11 is 1.59. The molecule has 0 aliphatic heterocycles. The number of amides is 1. The largest absolute Gasteiger partial charge is 0.352 e. The van der Waals surface area contributed by atoms with Crippen LogP contribution in [0.5, 0.6) is 0 Å². The lowest BCUT2D eigenvalue weighted by Gasteiger charge is -2.10. The summed E-state index contributed by atoms with van der Waals surface area (Å²) in [4.78, 5) is 13.5. The molecule has 0 aliphatic rings. The predicted molar refractivity (Wildman–Crippen MR) is 114 cm³/mol. The lowest BCUT2D eigenvalue weighted by atomic mass is 10.1. The summed E-state index contributed by atoms with van der Waals surface area (Å²) in [6.07, 6.45) is 3.03. The second-order valence-electron chi connectivity index (χ2n) is 6.61. The van der Waals surface area contributed by atoms with Crippen molar-refractivity contribution in [2.45, 2.75) is 29.9 Å². The van der Waals surface area contributed by atoms with E-state index in [1.165, 1.54) is 17.7 Å². The van der Waals surface area contributed by atoms with Crippen molar-refractivity contribution in [3.63, 3.8) is 0 Å². The van der Waals surface area contributed by atoms with Crippen molar-refractivity contribution >= 4 is 17.7 Å². The Kier molecular flexibility index (Phi) is 7.68. The number of nitrogens with one attached hydrogen (secondary N) is 1. The number of unbranched alkanes of at least 4 members (excludes halogenated alkanes) is 1. The van der Waals surface area contributed by atoms with E-state index >= 15 is 0 Å². The van der Waals surface area contributed by atoms with Gasteiger partial charge in [0.25, 0.3) is 5.91 Å². The summed E-state index contributed by atoms with van der Waals surface area (Å²) in [5, 5.41) is 3.03. The minimum absolute atomic E-state index is 0.0399. The zero-order valence-corrected chi connectivity index (χ0v) is 16.6. The molecule has 4 heteroatoms. The van der Waals surface area contributed by atoms with Crippen molar-refractivity contribution in [3.8, 4) is 0 Å². The van der Waals surface area contributed by atoms with E-state index in [9.17, 15) is 9.18 Å². The molecule has 0 saturated carbocycles. The molecular weight excluding hydrogens is 369 g/mol. The number of halogens is 1. The Hall–Kier alpha value is -2.59. The van der Waals surface area contributed by atoms with Crippen molar-refractivity contribution in [2.24, 2.45) is 0 Å². The molecule has 3 rings (SSSR count). The Morgan fingerprint density at radius 1 is 0.821 bits per heavy atom. The Morgan fingerprint density at radius 2 is 1.54 bits per heavy atom. The van der Waals surface area contributed by atoms with E-state index in [1.54, 1.807) is 23.9 Å². The zero-order chi connectivity index (χ0) is 19.6. The van der Waals surface area contributed by atoms with Gasteiger partial charge in [0.1, 0.15) is 5.82 Å². The molecule has 3 aromatic carbocycles. The highest BCUT2D eigenvalue weighted by molar-refractivity contribution is 7.98. The Morgan fingerprint density at radius 3 is 2.32 bits per heavy atom. The highest BCUT2D eigenvalue weighted by atomic mass is 32.2. The van der Waals surface area contributed by atoms with E-state index in [0.29, 0.717) is 17.9 Å². The lowest BCUT2D eigenvalue weighted by molar-refractivity contribution is 0.0950. The molecule has 0 heterocycles. The van der Waals surface area contributed by atoms with Gasteiger partial charge in [-0.3, -0.25) is 4.79 Å². The summed E-state index contributed by atoms with van der Waals surface area (Å²) in [6.45, 7) is 0.669. The molecule has 0 unspecified atom stereocenters. The fourth-order valence-electron chi connectivity index (χ4n) is 2.92. The van der Waals surface area contributed by atoms with E-state index in [4.69, 9.17) is 0 Å². The Labute approximate surface area is 170 Å². The molecular formula is C24H24FNOS. The van der Waals surface area contributed by atoms with E-state index in [2.05, 4.69) is 29.6 Å². The van der Waals surface area contributed by atoms with E-state index < -0.39 is 0 Å². The minimum atomic E-state index is -0.235. The normalized spacial score (nSPS) is 10.6. The summed E-state index contributed by atoms with van der Waals surface area (Å²) in [5.74, 6) is 0.421. The van der Waals surface area contributed by atoms with E-state index in [-0.39, 0.29) is 11.7 Å². The molecule has 0 spiro atoms. The first kappa shape index (κ1) is 20.2. The molecule has 0 radical (unpaired) electrons. The van der Waals surface area contributed by atoms with Crippen LogP contribution in [0.2, 0.25) is 0 Å². The first-order valence-electron chi connectivity index (χ1n) is 9.51. The number of aryl methyl sites for hydroxylation is 1. The van der Waals surface area contributed by atoms with Crippen molar-refractivity contribution in [1.82, 2.24) is 5.32 Å². The summed E-state index contributed by atoms with van der Waals surface area (Å²) in [5.41, 5.74) is 3.05. The molecule has 0 fully saturated rings. The molecule has 1 N–H and O–H groups in total. The van der Waals surface area contributed by atoms with E-state index in [0.717, 1.165) is 29.7 Å². The quantitative estimate of drug-likeness (QED) is 0.364. The van der Waals surface area contributed by atoms with Crippen LogP contribution in [0.3, 0.4) is 0 Å². The fraction of sp³-hybridized carbons (Fsp3) is 0.208. The van der Waals surface area contributed by atoms with Crippen molar-refractivity contribution < 1.29 is 9.18 Å². The molecule has 0 bridgehead atoms. The summed E-state index contributed by atoms with van der Waals surface area (Å²) < 4.78 is 13.0. The number of benzene rings is 3. The van der Waals surface area contributed by atoms with Crippen LogP contribution in [0.4, 0.5) is 4.39 Å². The molecule has 28 heavy (non-hydrogen) atoms. The van der Waals surface area contributed by atoms with Gasteiger partial charge in [-0.25, -0.2) is 4.39 Å². The number of thioether (sulfide) groups is 1. The fourth-order valence-corrected chi connectivity index (χ4v) is 3.92. The maximum absolute atomic E-state index is 13.0. The molecule has 144 valence electrons. The standard InChI is InChI=1S/C24H24FNOS/c25-21-15-13-20(14-16-21)18-28-23-12-5-4-11-22(23)24(27)26-17-7-6-10-19-8-2-1-3-9-19/h1-5,8-9,11-16H,6-7,10,17-18H2,(H,26,27). The monoisotopic (exact) mass is 393 g/mol. The molecule has 0 saturated heterocycles. The van der Waals surface area contributed by atoms with Gasteiger partial charge in [-0.15, -0.1) is 11.8 Å². The molecule has 0 aliphatic carbocycles. The third-order valence-electron chi connectivity index (χ3n) is 4.46. The zero-order valence-electron chi connectivity index (χ0n) is 15.7. The first-order chi connectivity index (χ1) is 13.7. The average molecular weight is 394 g/mol. The van der Waals surface area contributed by atoms with Gasteiger partial charge in [0.05, 0.1) is 5.56 Å².